The van der Waals surface area contributed by atoms with Gasteiger partial charge in [-0.2, -0.15) is 0 Å². The number of hydrogen-bond donors (Lipinski definition) is 7. The van der Waals surface area contributed by atoms with Gasteiger partial charge in [0.05, 0.1) is 0 Å². The number of urea groups is 1. The molecule has 0 fully saturated rings. The molecule has 1 aromatic rings. The molecule has 1 heterocycles. The Morgan fingerprint density at radius 2 is 1.41 bits per heavy atom. The molecule has 0 saturated heterocycles. The maximum Gasteiger partial charge on any atom is 0.312 e. The number of ether oxygens (including phenoxy) is 1. The minimum absolute atomic E-state index is 0.00552. The molecule has 0 aliphatic carbocycles. The maximum atomic E-state index is 13.6. The van der Waals surface area contributed by atoms with Crippen LogP contribution in [0.25, 0.3) is 0 Å². The van der Waals surface area contributed by atoms with E-state index in [9.17, 15) is 48.3 Å². The molecule has 1 aliphatic heterocycles. The molecule has 18 nitrogen and oxygen atoms in total. The first-order valence-electron chi connectivity index (χ1n) is 16.3. The highest BCUT2D eigenvalue weighted by Crippen LogP contribution is 2.13. The summed E-state index contributed by atoms with van der Waals surface area (Å²) in [5, 5.41) is 22.0. The van der Waals surface area contributed by atoms with Crippen LogP contribution in [0.4, 0.5) is 10.5 Å². The van der Waals surface area contributed by atoms with E-state index in [4.69, 9.17) is 10.5 Å². The summed E-state index contributed by atoms with van der Waals surface area (Å²) in [5.74, 6) is -5.93. The Labute approximate surface area is 294 Å². The van der Waals surface area contributed by atoms with Crippen LogP contribution >= 0.6 is 0 Å². The predicted molar refractivity (Wildman–Crippen MR) is 180 cm³/mol. The van der Waals surface area contributed by atoms with E-state index >= 15 is 0 Å². The van der Waals surface area contributed by atoms with E-state index in [1.54, 1.807) is 38.1 Å². The van der Waals surface area contributed by atoms with E-state index in [-0.39, 0.29) is 57.7 Å². The van der Waals surface area contributed by atoms with Crippen molar-refractivity contribution in [1.82, 2.24) is 26.2 Å². The molecule has 8 amide bonds. The van der Waals surface area contributed by atoms with Crippen molar-refractivity contribution in [2.24, 2.45) is 11.7 Å². The zero-order valence-electron chi connectivity index (χ0n) is 28.7. The first-order valence-corrected chi connectivity index (χ1v) is 16.3. The summed E-state index contributed by atoms with van der Waals surface area (Å²) in [6.07, 6.45) is 1.32. The number of anilines is 1. The smallest absolute Gasteiger partial charge is 0.312 e. The van der Waals surface area contributed by atoms with E-state index in [1.807, 2.05) is 0 Å². The van der Waals surface area contributed by atoms with Crippen LogP contribution in [0.5, 0.6) is 0 Å². The number of nitrogens with two attached hydrogens (primary N) is 1. The van der Waals surface area contributed by atoms with E-state index < -0.39 is 78.0 Å². The second-order valence-electron chi connectivity index (χ2n) is 12.1. The van der Waals surface area contributed by atoms with Gasteiger partial charge in [0, 0.05) is 50.7 Å². The number of carboxylic acids is 1. The van der Waals surface area contributed by atoms with Gasteiger partial charge in [-0.1, -0.05) is 26.0 Å². The van der Waals surface area contributed by atoms with E-state index in [0.717, 1.165) is 17.1 Å². The van der Waals surface area contributed by atoms with Gasteiger partial charge >= 0.3 is 18.0 Å². The molecule has 278 valence electrons. The van der Waals surface area contributed by atoms with Crippen LogP contribution in [-0.4, -0.2) is 94.6 Å². The van der Waals surface area contributed by atoms with Gasteiger partial charge in [-0.15, -0.1) is 0 Å². The van der Waals surface area contributed by atoms with Crippen LogP contribution in [0, 0.1) is 5.92 Å². The Kier molecular flexibility index (Phi) is 16.7. The Balaban J connectivity index is 2.19. The summed E-state index contributed by atoms with van der Waals surface area (Å²) in [5.41, 5.74) is 6.12. The van der Waals surface area contributed by atoms with Crippen molar-refractivity contribution in [2.45, 2.75) is 84.0 Å². The van der Waals surface area contributed by atoms with Gasteiger partial charge in [-0.05, 0) is 49.3 Å². The van der Waals surface area contributed by atoms with Crippen molar-refractivity contribution in [1.29, 1.82) is 0 Å². The monoisotopic (exact) mass is 715 g/mol. The lowest BCUT2D eigenvalue weighted by atomic mass is 10.0. The van der Waals surface area contributed by atoms with Crippen LogP contribution in [0.1, 0.15) is 64.9 Å². The first kappa shape index (κ1) is 41.4. The summed E-state index contributed by atoms with van der Waals surface area (Å²) >= 11 is 0. The average Bonchev–Trinajstić information content (AvgIpc) is 3.38. The number of nitrogens with zero attached hydrogens (tertiary/aromatic N) is 1. The molecule has 3 atom stereocenters. The number of carbonyl (C=O) groups excluding carboxylic acids is 8. The second-order valence-corrected chi connectivity index (χ2v) is 12.1. The standard InChI is InChI=1S/C33H45N7O11/c1-19(2)17-25(37-26(42)14-16-40-27(43)11-12-28(40)44)32(49)39-24(10-13-29(45)46)31(48)38-23(5-4-15-35-33(34)50)30(47)36-22-8-6-21(7-9-22)18-51-20(3)41/h6-9,11-12,19,23-25H,4-5,10,13-18H2,1-3H3,(H,36,47)(H,37,42)(H,38,48)(H,39,49)(H,45,46)(H3,34,35,50)/t23-,24-,25+/m0/s1. The molecule has 1 aromatic carbocycles. The molecule has 0 unspecified atom stereocenters. The molecule has 51 heavy (non-hydrogen) atoms. The molecule has 0 radical (unpaired) electrons. The van der Waals surface area contributed by atoms with Gasteiger partial charge in [-0.25, -0.2) is 4.79 Å². The lowest BCUT2D eigenvalue weighted by Gasteiger charge is -2.26. The number of primary amides is 1. The fraction of sp³-hybridized carbons (Fsp3) is 0.485. The van der Waals surface area contributed by atoms with Gasteiger partial charge in [-0.3, -0.25) is 43.3 Å². The maximum absolute atomic E-state index is 13.6. The highest BCUT2D eigenvalue weighted by atomic mass is 16.5. The van der Waals surface area contributed by atoms with Gasteiger partial charge in [0.15, 0.2) is 0 Å². The van der Waals surface area contributed by atoms with Crippen LogP contribution in [0.2, 0.25) is 0 Å². The summed E-state index contributed by atoms with van der Waals surface area (Å²) in [7, 11) is 0. The normalized spacial score (nSPS) is 13.9. The number of aliphatic carboxylic acids is 1. The van der Waals surface area contributed by atoms with Crippen molar-refractivity contribution in [3.8, 4) is 0 Å². The van der Waals surface area contributed by atoms with E-state index in [0.29, 0.717) is 11.3 Å². The highest BCUT2D eigenvalue weighted by Gasteiger charge is 2.31. The molecule has 18 heteroatoms. The predicted octanol–water partition coefficient (Wildman–Crippen LogP) is -0.183. The number of carboxylic acid groups (broad SMARTS) is 1. The number of esters is 1. The molecule has 0 saturated carbocycles. The molecular formula is C33H45N7O11. The van der Waals surface area contributed by atoms with Gasteiger partial charge in [0.1, 0.15) is 24.7 Å². The summed E-state index contributed by atoms with van der Waals surface area (Å²) in [4.78, 5) is 111. The molecule has 0 spiro atoms. The molecule has 1 aliphatic rings. The lowest BCUT2D eigenvalue weighted by Crippen LogP contribution is -2.56. The largest absolute Gasteiger partial charge is 0.481 e. The van der Waals surface area contributed by atoms with Crippen LogP contribution in [0.15, 0.2) is 36.4 Å². The summed E-state index contributed by atoms with van der Waals surface area (Å²) in [6, 6.07) is 1.75. The Bertz CT molecular complexity index is 1480. The third-order valence-corrected chi connectivity index (χ3v) is 7.37. The zero-order chi connectivity index (χ0) is 38.1. The topological polar surface area (TPSA) is 272 Å². The Morgan fingerprint density at radius 1 is 0.824 bits per heavy atom. The number of imide groups is 1. The third-order valence-electron chi connectivity index (χ3n) is 7.37. The number of carbonyl (C=O) groups is 9. The highest BCUT2D eigenvalue weighted by molar-refractivity contribution is 6.13. The number of amides is 8. The van der Waals surface area contributed by atoms with Gasteiger partial charge in [0.25, 0.3) is 11.8 Å². The molecule has 0 bridgehead atoms. The van der Waals surface area contributed by atoms with Crippen LogP contribution < -0.4 is 32.3 Å². The Morgan fingerprint density at radius 3 is 1.96 bits per heavy atom. The van der Waals surface area contributed by atoms with Crippen LogP contribution in [-0.2, 0) is 49.7 Å². The number of benzene rings is 1. The van der Waals surface area contributed by atoms with E-state index in [2.05, 4.69) is 26.6 Å². The minimum Gasteiger partial charge on any atom is -0.481 e. The number of hydrogen-bond acceptors (Lipinski definition) is 10. The molecule has 0 aromatic heterocycles. The summed E-state index contributed by atoms with van der Waals surface area (Å²) in [6.45, 7) is 4.74. The lowest BCUT2D eigenvalue weighted by molar-refractivity contribution is -0.142. The number of rotatable bonds is 21. The third kappa shape index (κ3) is 15.5. The van der Waals surface area contributed by atoms with Crippen LogP contribution in [0.3, 0.4) is 0 Å². The molecular weight excluding hydrogens is 670 g/mol. The second kappa shape index (κ2) is 20.6. The first-order chi connectivity index (χ1) is 24.0. The fourth-order valence-corrected chi connectivity index (χ4v) is 4.80. The van der Waals surface area contributed by atoms with Crippen molar-refractivity contribution in [3.05, 3.63) is 42.0 Å². The summed E-state index contributed by atoms with van der Waals surface area (Å²) < 4.78 is 4.95. The minimum atomic E-state index is -1.44. The number of nitrogens with one attached hydrogen (secondary N) is 5. The molecule has 2 rings (SSSR count). The van der Waals surface area contributed by atoms with Crippen molar-refractivity contribution < 1.29 is 53.0 Å². The Hall–Kier alpha value is -5.81. The zero-order valence-corrected chi connectivity index (χ0v) is 28.7. The van der Waals surface area contributed by atoms with E-state index in [1.165, 1.54) is 6.92 Å². The SMILES string of the molecule is CC(=O)OCc1ccc(NC(=O)[C@H](CCCNC(N)=O)NC(=O)[C@H](CCC(=O)O)NC(=O)[C@@H](CC(C)C)NC(=O)CCN2C(=O)C=CC2=O)cc1. The van der Waals surface area contributed by atoms with Gasteiger partial charge in [0.2, 0.25) is 23.6 Å². The van der Waals surface area contributed by atoms with Crippen molar-refractivity contribution >= 4 is 59.1 Å². The average molecular weight is 716 g/mol. The van der Waals surface area contributed by atoms with Crippen molar-refractivity contribution in [2.75, 3.05) is 18.4 Å². The quantitative estimate of drug-likeness (QED) is 0.0498. The molecule has 8 N–H and O–H groups in total. The fourth-order valence-electron chi connectivity index (χ4n) is 4.80. The van der Waals surface area contributed by atoms with Crippen molar-refractivity contribution in [3.63, 3.8) is 0 Å². The van der Waals surface area contributed by atoms with Gasteiger partial charge < -0.3 is 42.2 Å².